The van der Waals surface area contributed by atoms with Crippen molar-refractivity contribution in [2.75, 3.05) is 26.8 Å². The van der Waals surface area contributed by atoms with Crippen molar-refractivity contribution in [2.24, 2.45) is 5.92 Å². The van der Waals surface area contributed by atoms with Crippen LogP contribution in [0.3, 0.4) is 0 Å². The summed E-state index contributed by atoms with van der Waals surface area (Å²) in [7, 11) is 1.61. The van der Waals surface area contributed by atoms with Crippen LogP contribution in [0.2, 0.25) is 0 Å². The molecule has 0 spiro atoms. The monoisotopic (exact) mass is 274 g/mol. The molecule has 0 aromatic heterocycles. The van der Waals surface area contributed by atoms with E-state index in [0.29, 0.717) is 19.0 Å². The van der Waals surface area contributed by atoms with Crippen LogP contribution >= 0.6 is 0 Å². The number of carboxylic acids is 1. The first-order valence-corrected chi connectivity index (χ1v) is 6.41. The van der Waals surface area contributed by atoms with Gasteiger partial charge < -0.3 is 25.2 Å². The van der Waals surface area contributed by atoms with E-state index in [4.69, 9.17) is 14.9 Å². The lowest BCUT2D eigenvalue weighted by atomic mass is 9.96. The number of nitrogens with zero attached hydrogens (tertiary/aromatic N) is 1. The quantitative estimate of drug-likeness (QED) is 0.649. The fourth-order valence-corrected chi connectivity index (χ4v) is 2.15. The maximum atomic E-state index is 12.0. The summed E-state index contributed by atoms with van der Waals surface area (Å²) in [6.45, 7) is 2.82. The van der Waals surface area contributed by atoms with Crippen LogP contribution in [0.25, 0.3) is 0 Å². The van der Waals surface area contributed by atoms with Crippen LogP contribution in [0.4, 0.5) is 4.79 Å². The number of carboxylic acid groups (broad SMARTS) is 1. The number of urea groups is 1. The summed E-state index contributed by atoms with van der Waals surface area (Å²) in [6.07, 6.45) is 0.795. The molecule has 0 saturated carbocycles. The Bertz CT molecular complexity index is 323. The number of carbonyl (C=O) groups excluding carboxylic acids is 1. The Morgan fingerprint density at radius 1 is 1.53 bits per heavy atom. The highest BCUT2D eigenvalue weighted by atomic mass is 16.5. The van der Waals surface area contributed by atoms with Gasteiger partial charge in [-0.2, -0.15) is 0 Å². The maximum Gasteiger partial charge on any atom is 0.326 e. The van der Waals surface area contributed by atoms with Gasteiger partial charge in [-0.1, -0.05) is 6.92 Å². The van der Waals surface area contributed by atoms with Crippen LogP contribution in [0.1, 0.15) is 19.8 Å². The van der Waals surface area contributed by atoms with E-state index in [-0.39, 0.29) is 19.1 Å². The van der Waals surface area contributed by atoms with Crippen molar-refractivity contribution < 1.29 is 24.5 Å². The average Bonchev–Trinajstić information content (AvgIpc) is 2.38. The van der Waals surface area contributed by atoms with Crippen LogP contribution in [0.5, 0.6) is 0 Å². The number of nitrogens with one attached hydrogen (secondary N) is 1. The number of aliphatic hydroxyl groups is 1. The lowest BCUT2D eigenvalue weighted by Gasteiger charge is -2.36. The van der Waals surface area contributed by atoms with Crippen LogP contribution in [-0.2, 0) is 9.53 Å². The molecule has 3 N–H and O–H groups in total. The summed E-state index contributed by atoms with van der Waals surface area (Å²) in [5.41, 5.74) is 0. The van der Waals surface area contributed by atoms with Crippen molar-refractivity contribution in [3.63, 3.8) is 0 Å². The minimum atomic E-state index is -1.14. The maximum absolute atomic E-state index is 12.0. The number of ether oxygens (including phenoxy) is 1. The topological polar surface area (TPSA) is 99.1 Å². The zero-order valence-corrected chi connectivity index (χ0v) is 11.3. The number of carbonyl (C=O) groups is 2. The second-order valence-electron chi connectivity index (χ2n) is 4.84. The molecule has 3 atom stereocenters. The Labute approximate surface area is 112 Å². The lowest BCUT2D eigenvalue weighted by Crippen LogP contribution is -2.53. The van der Waals surface area contributed by atoms with Crippen LogP contribution in [0, 0.1) is 5.92 Å². The van der Waals surface area contributed by atoms with Crippen molar-refractivity contribution in [1.29, 1.82) is 0 Å². The van der Waals surface area contributed by atoms with Gasteiger partial charge in [0.2, 0.25) is 0 Å². The van der Waals surface area contributed by atoms with Gasteiger partial charge in [0.25, 0.3) is 0 Å². The minimum Gasteiger partial charge on any atom is -0.480 e. The summed E-state index contributed by atoms with van der Waals surface area (Å²) < 4.78 is 5.31. The molecule has 1 heterocycles. The Balaban J connectivity index is 2.55. The number of likely N-dealkylation sites (tertiary alicyclic amines) is 1. The van der Waals surface area contributed by atoms with Crippen molar-refractivity contribution in [2.45, 2.75) is 31.9 Å². The molecule has 2 amide bonds. The van der Waals surface area contributed by atoms with E-state index in [0.717, 1.165) is 6.42 Å². The Kier molecular flexibility index (Phi) is 6.04. The Hall–Kier alpha value is -1.34. The van der Waals surface area contributed by atoms with Gasteiger partial charge in [-0.25, -0.2) is 9.59 Å². The first-order chi connectivity index (χ1) is 8.99. The lowest BCUT2D eigenvalue weighted by molar-refractivity contribution is -0.139. The van der Waals surface area contributed by atoms with E-state index < -0.39 is 18.0 Å². The predicted molar refractivity (Wildman–Crippen MR) is 67.8 cm³/mol. The fourth-order valence-electron chi connectivity index (χ4n) is 2.15. The highest BCUT2D eigenvalue weighted by Crippen LogP contribution is 2.19. The summed E-state index contributed by atoms with van der Waals surface area (Å²) in [5, 5.41) is 20.1. The first-order valence-electron chi connectivity index (χ1n) is 6.41. The highest BCUT2D eigenvalue weighted by molar-refractivity contribution is 5.82. The van der Waals surface area contributed by atoms with E-state index in [1.165, 1.54) is 0 Å². The van der Waals surface area contributed by atoms with Crippen LogP contribution in [0.15, 0.2) is 0 Å². The zero-order chi connectivity index (χ0) is 14.4. The smallest absolute Gasteiger partial charge is 0.326 e. The van der Waals surface area contributed by atoms with Gasteiger partial charge in [0, 0.05) is 33.2 Å². The number of rotatable bonds is 5. The van der Waals surface area contributed by atoms with Crippen molar-refractivity contribution >= 4 is 12.0 Å². The third-order valence-electron chi connectivity index (χ3n) is 3.49. The Morgan fingerprint density at radius 2 is 2.21 bits per heavy atom. The van der Waals surface area contributed by atoms with Gasteiger partial charge in [0.15, 0.2) is 0 Å². The molecule has 2 unspecified atom stereocenters. The van der Waals surface area contributed by atoms with Gasteiger partial charge in [0.1, 0.15) is 6.04 Å². The average molecular weight is 274 g/mol. The first kappa shape index (κ1) is 15.7. The fraction of sp³-hybridized carbons (Fsp3) is 0.833. The van der Waals surface area contributed by atoms with E-state index in [1.807, 2.05) is 0 Å². The molecule has 1 aliphatic rings. The van der Waals surface area contributed by atoms with E-state index in [9.17, 15) is 9.59 Å². The summed E-state index contributed by atoms with van der Waals surface area (Å²) in [4.78, 5) is 24.4. The summed E-state index contributed by atoms with van der Waals surface area (Å²) in [5.74, 6) is -0.766. The molecule has 0 radical (unpaired) electrons. The SMILES string of the molecule is COC1CN(C(=O)N[C@@H](CCO)C(=O)O)CCC1C. The number of amides is 2. The molecule has 0 aromatic carbocycles. The summed E-state index contributed by atoms with van der Waals surface area (Å²) in [6, 6.07) is -1.48. The summed E-state index contributed by atoms with van der Waals surface area (Å²) >= 11 is 0. The molecule has 7 heteroatoms. The number of aliphatic hydroxyl groups excluding tert-OH is 1. The number of piperidine rings is 1. The van der Waals surface area contributed by atoms with Gasteiger partial charge in [0.05, 0.1) is 6.10 Å². The second kappa shape index (κ2) is 7.30. The predicted octanol–water partition coefficient (Wildman–Crippen LogP) is -0.112. The largest absolute Gasteiger partial charge is 0.480 e. The molecule has 19 heavy (non-hydrogen) atoms. The zero-order valence-electron chi connectivity index (χ0n) is 11.3. The van der Waals surface area contributed by atoms with E-state index in [2.05, 4.69) is 12.2 Å². The van der Waals surface area contributed by atoms with Crippen LogP contribution < -0.4 is 5.32 Å². The molecule has 110 valence electrons. The third kappa shape index (κ3) is 4.36. The molecule has 0 aliphatic carbocycles. The molecular formula is C12H22N2O5. The van der Waals surface area contributed by atoms with Gasteiger partial charge in [-0.05, 0) is 12.3 Å². The van der Waals surface area contributed by atoms with Crippen LogP contribution in [-0.4, -0.2) is 66.1 Å². The van der Waals surface area contributed by atoms with Crippen molar-refractivity contribution in [3.05, 3.63) is 0 Å². The molecule has 1 aliphatic heterocycles. The minimum absolute atomic E-state index is 0.000970. The van der Waals surface area contributed by atoms with Crippen molar-refractivity contribution in [3.8, 4) is 0 Å². The molecule has 1 rings (SSSR count). The normalized spacial score (nSPS) is 24.9. The van der Waals surface area contributed by atoms with E-state index >= 15 is 0 Å². The Morgan fingerprint density at radius 3 is 2.74 bits per heavy atom. The second-order valence-corrected chi connectivity index (χ2v) is 4.84. The highest BCUT2D eigenvalue weighted by Gasteiger charge is 2.30. The molecule has 1 saturated heterocycles. The number of hydrogen-bond donors (Lipinski definition) is 3. The third-order valence-corrected chi connectivity index (χ3v) is 3.49. The van der Waals surface area contributed by atoms with Crippen molar-refractivity contribution in [1.82, 2.24) is 10.2 Å². The van der Waals surface area contributed by atoms with E-state index in [1.54, 1.807) is 12.0 Å². The molecule has 7 nitrogen and oxygen atoms in total. The van der Waals surface area contributed by atoms with Gasteiger partial charge >= 0.3 is 12.0 Å². The number of aliphatic carboxylic acids is 1. The molecule has 0 bridgehead atoms. The molecule has 0 aromatic rings. The molecule has 1 fully saturated rings. The van der Waals surface area contributed by atoms with Gasteiger partial charge in [-0.15, -0.1) is 0 Å². The molecular weight excluding hydrogens is 252 g/mol. The number of methoxy groups -OCH3 is 1. The van der Waals surface area contributed by atoms with Gasteiger partial charge in [-0.3, -0.25) is 0 Å². The standard InChI is InChI=1S/C12H22N2O5/c1-8-3-5-14(7-10(8)19-2)12(18)13-9(4-6-15)11(16)17/h8-10,15H,3-7H2,1-2H3,(H,13,18)(H,16,17)/t8?,9-,10?/m0/s1. The number of hydrogen-bond acceptors (Lipinski definition) is 4.